The Morgan fingerprint density at radius 1 is 1.18 bits per heavy atom. The van der Waals surface area contributed by atoms with Crippen molar-refractivity contribution in [2.75, 3.05) is 6.26 Å². The first-order chi connectivity index (χ1) is 5.09. The van der Waals surface area contributed by atoms with Crippen LogP contribution < -0.4 is 0 Å². The monoisotopic (exact) mass is 247 g/mol. The van der Waals surface area contributed by atoms with Gasteiger partial charge in [0.2, 0.25) is 0 Å². The van der Waals surface area contributed by atoms with Gasteiger partial charge < -0.3 is 0 Å². The third-order valence-corrected chi connectivity index (χ3v) is 4.02. The molecule has 0 nitrogen and oxygen atoms in total. The molecule has 0 radical (unpaired) electrons. The molecule has 1 rings (SSSR count). The molecule has 0 heterocycles. The van der Waals surface area contributed by atoms with Gasteiger partial charge in [0, 0.05) is 0 Å². The second kappa shape index (κ2) is 3.71. The van der Waals surface area contributed by atoms with E-state index in [4.69, 9.17) is 46.4 Å². The predicted octanol–water partition coefficient (Wildman–Crippen LogP) is 4.74. The molecule has 0 aliphatic rings. The van der Waals surface area contributed by atoms with Gasteiger partial charge in [-0.2, -0.15) is 23.2 Å². The van der Waals surface area contributed by atoms with Crippen molar-refractivity contribution in [3.05, 3.63) is 20.1 Å². The number of thioether (sulfide) groups is 1. The Balaban J connectivity index is 3.36. The van der Waals surface area contributed by atoms with Crippen LogP contribution in [-0.4, -0.2) is 6.26 Å². The van der Waals surface area contributed by atoms with Gasteiger partial charge in [-0.15, -0.1) is 28.1 Å². The van der Waals surface area contributed by atoms with Crippen LogP contribution in [0.5, 0.6) is 0 Å². The maximum Gasteiger partial charge on any atom is -0.0267 e. The van der Waals surface area contributed by atoms with Crippen LogP contribution in [-0.2, 0) is 0 Å². The molecule has 0 N–H and O–H groups in total. The van der Waals surface area contributed by atoms with Crippen molar-refractivity contribution >= 4 is 58.2 Å². The van der Waals surface area contributed by atoms with E-state index in [9.17, 15) is 0 Å². The van der Waals surface area contributed by atoms with Gasteiger partial charge >= 0.3 is 0 Å². The minimum Gasteiger partial charge on any atom is -0.208 e. The van der Waals surface area contributed by atoms with Gasteiger partial charge in [0.25, 0.3) is 0 Å². The van der Waals surface area contributed by atoms with Crippen LogP contribution in [0.25, 0.3) is 0 Å². The molecule has 0 atom stereocenters. The molecule has 0 aromatic heterocycles. The highest BCUT2D eigenvalue weighted by atomic mass is 35.5. The van der Waals surface area contributed by atoms with Crippen LogP contribution in [0.3, 0.4) is 0 Å². The van der Waals surface area contributed by atoms with Crippen LogP contribution >= 0.6 is 58.2 Å². The lowest BCUT2D eigenvalue weighted by Crippen LogP contribution is -1.62. The predicted molar refractivity (Wildman–Crippen MR) is 53.9 cm³/mol. The van der Waals surface area contributed by atoms with Crippen LogP contribution in [0.4, 0.5) is 0 Å². The molecule has 1 aromatic rings. The summed E-state index contributed by atoms with van der Waals surface area (Å²) in [6.07, 6.45) is 1.86. The molecular formula is C6H3Cl4S-. The number of rotatable bonds is 1. The molecule has 62 valence electrons. The Kier molecular flexibility index (Phi) is 3.36. The van der Waals surface area contributed by atoms with E-state index < -0.39 is 0 Å². The van der Waals surface area contributed by atoms with Crippen molar-refractivity contribution in [2.45, 2.75) is 4.90 Å². The lowest BCUT2D eigenvalue weighted by atomic mass is 10.6. The standard InChI is InChI=1S/C6H3Cl4S/c1-11-6-4(9)2(7)3(8)5(6)10/h1H3/q-1. The minimum atomic E-state index is 0.336. The summed E-state index contributed by atoms with van der Waals surface area (Å²) in [7, 11) is 0. The summed E-state index contributed by atoms with van der Waals surface area (Å²) in [5, 5.41) is 1.55. The zero-order valence-corrected chi connectivity index (χ0v) is 9.26. The molecule has 0 amide bonds. The summed E-state index contributed by atoms with van der Waals surface area (Å²) >= 11 is 24.5. The molecule has 5 heteroatoms. The average Bonchev–Trinajstić information content (AvgIpc) is 2.17. The van der Waals surface area contributed by atoms with E-state index in [1.165, 1.54) is 11.8 Å². The molecule has 0 spiro atoms. The molecule has 0 saturated carbocycles. The lowest BCUT2D eigenvalue weighted by molar-refractivity contribution is 1.58. The highest BCUT2D eigenvalue weighted by Gasteiger charge is 2.06. The summed E-state index contributed by atoms with van der Waals surface area (Å²) in [6.45, 7) is 0. The smallest absolute Gasteiger partial charge is 0.0267 e. The Bertz CT molecular complexity index is 253. The van der Waals surface area contributed by atoms with E-state index in [-0.39, 0.29) is 0 Å². The first-order valence-corrected chi connectivity index (χ1v) is 5.35. The van der Waals surface area contributed by atoms with Gasteiger partial charge in [-0.3, -0.25) is 0 Å². The maximum atomic E-state index is 5.80. The first kappa shape index (κ1) is 9.94. The van der Waals surface area contributed by atoms with Gasteiger partial charge in [0.15, 0.2) is 0 Å². The fourth-order valence-corrected chi connectivity index (χ4v) is 2.71. The van der Waals surface area contributed by atoms with Gasteiger partial charge in [-0.1, -0.05) is 5.02 Å². The molecule has 0 fully saturated rings. The average molecular weight is 249 g/mol. The summed E-state index contributed by atoms with van der Waals surface area (Å²) in [5.41, 5.74) is 0. The maximum absolute atomic E-state index is 5.80. The van der Waals surface area contributed by atoms with E-state index in [0.717, 1.165) is 4.90 Å². The van der Waals surface area contributed by atoms with Crippen LogP contribution in [0.15, 0.2) is 4.90 Å². The van der Waals surface area contributed by atoms with E-state index in [1.54, 1.807) is 0 Å². The third-order valence-electron chi connectivity index (χ3n) is 1.18. The van der Waals surface area contributed by atoms with Crippen LogP contribution in [0.2, 0.25) is 20.1 Å². The van der Waals surface area contributed by atoms with Crippen molar-refractivity contribution in [1.29, 1.82) is 0 Å². The Hall–Kier alpha value is 0.860. The van der Waals surface area contributed by atoms with Crippen LogP contribution in [0, 0.1) is 0 Å². The Morgan fingerprint density at radius 3 is 1.91 bits per heavy atom. The molecule has 0 unspecified atom stereocenters. The van der Waals surface area contributed by atoms with E-state index in [0.29, 0.717) is 20.1 Å². The van der Waals surface area contributed by atoms with Crippen molar-refractivity contribution in [1.82, 2.24) is 0 Å². The van der Waals surface area contributed by atoms with E-state index in [2.05, 4.69) is 0 Å². The summed E-state index contributed by atoms with van der Waals surface area (Å²) in [4.78, 5) is 0.739. The minimum absolute atomic E-state index is 0.336. The van der Waals surface area contributed by atoms with Crippen molar-refractivity contribution < 1.29 is 0 Å². The first-order valence-electron chi connectivity index (χ1n) is 2.62. The van der Waals surface area contributed by atoms with E-state index >= 15 is 0 Å². The summed E-state index contributed by atoms with van der Waals surface area (Å²) in [5.74, 6) is 0. The zero-order valence-electron chi connectivity index (χ0n) is 5.42. The van der Waals surface area contributed by atoms with Gasteiger partial charge in [0.05, 0.1) is 0 Å². The largest absolute Gasteiger partial charge is 0.208 e. The van der Waals surface area contributed by atoms with Crippen molar-refractivity contribution in [3.8, 4) is 0 Å². The summed E-state index contributed by atoms with van der Waals surface area (Å²) < 4.78 is 0. The molecule has 0 saturated heterocycles. The highest BCUT2D eigenvalue weighted by Crippen LogP contribution is 2.47. The van der Waals surface area contributed by atoms with Gasteiger partial charge in [-0.25, -0.2) is 11.8 Å². The van der Waals surface area contributed by atoms with Crippen LogP contribution in [0.1, 0.15) is 0 Å². The molecular weight excluding hydrogens is 246 g/mol. The zero-order chi connectivity index (χ0) is 8.59. The molecule has 11 heavy (non-hydrogen) atoms. The van der Waals surface area contributed by atoms with Gasteiger partial charge in [-0.05, 0) is 21.3 Å². The normalized spacial score (nSPS) is 10.6. The fourth-order valence-electron chi connectivity index (χ4n) is 0.668. The molecule has 1 aromatic carbocycles. The highest BCUT2D eigenvalue weighted by molar-refractivity contribution is 7.98. The van der Waals surface area contributed by atoms with Gasteiger partial charge in [0.1, 0.15) is 0 Å². The number of hydrogen-bond donors (Lipinski definition) is 0. The Labute approximate surface area is 89.1 Å². The molecule has 0 aliphatic heterocycles. The lowest BCUT2D eigenvalue weighted by Gasteiger charge is -2.03. The fraction of sp³-hybridized carbons (Fsp3) is 0.167. The number of halogens is 4. The SMILES string of the molecule is CSc1c(Cl)c(Cl)[c-](Cl)c1Cl. The Morgan fingerprint density at radius 2 is 1.73 bits per heavy atom. The van der Waals surface area contributed by atoms with E-state index in [1.807, 2.05) is 6.26 Å². The topological polar surface area (TPSA) is 0 Å². The second-order valence-electron chi connectivity index (χ2n) is 1.79. The number of hydrogen-bond acceptors (Lipinski definition) is 1. The molecule has 0 bridgehead atoms. The summed E-state index contributed by atoms with van der Waals surface area (Å²) in [6, 6.07) is 0. The second-order valence-corrected chi connectivity index (χ2v) is 4.12. The molecule has 0 aliphatic carbocycles. The van der Waals surface area contributed by atoms with Crippen molar-refractivity contribution in [3.63, 3.8) is 0 Å². The quantitative estimate of drug-likeness (QED) is 0.511. The third kappa shape index (κ3) is 1.63. The van der Waals surface area contributed by atoms with Crippen molar-refractivity contribution in [2.24, 2.45) is 0 Å².